The molecule has 0 fully saturated rings. The van der Waals surface area contributed by atoms with Crippen molar-refractivity contribution in [1.82, 2.24) is 15.5 Å². The molecule has 0 bridgehead atoms. The van der Waals surface area contributed by atoms with Crippen molar-refractivity contribution in [2.75, 3.05) is 13.7 Å². The minimum Gasteiger partial charge on any atom is -0.494 e. The minimum absolute atomic E-state index is 0.413. The van der Waals surface area contributed by atoms with Crippen molar-refractivity contribution in [1.29, 1.82) is 0 Å². The maximum Gasteiger partial charge on any atom is 0.407 e. The molecule has 0 aliphatic carbocycles. The smallest absolute Gasteiger partial charge is 0.407 e. The van der Waals surface area contributed by atoms with Crippen molar-refractivity contribution in [3.8, 4) is 5.75 Å². The Balaban J connectivity index is 1.97. The van der Waals surface area contributed by atoms with Gasteiger partial charge < -0.3 is 14.8 Å². The van der Waals surface area contributed by atoms with E-state index in [-0.39, 0.29) is 0 Å². The number of hydrogen-bond acceptors (Lipinski definition) is 4. The number of fused-ring (bicyclic) bond motifs is 1. The number of nitrogens with one attached hydrogen (secondary N) is 2. The lowest BCUT2D eigenvalue weighted by Gasteiger charge is -2.19. The third-order valence-electron chi connectivity index (χ3n) is 2.89. The summed E-state index contributed by atoms with van der Waals surface area (Å²) in [6, 6.07) is 5.76. The van der Waals surface area contributed by atoms with Crippen LogP contribution in [0.15, 0.2) is 18.2 Å². The van der Waals surface area contributed by atoms with E-state index in [0.717, 1.165) is 22.3 Å². The van der Waals surface area contributed by atoms with Gasteiger partial charge in [0, 0.05) is 24.0 Å². The predicted octanol–water partition coefficient (Wildman–Crippen LogP) is 2.64. The number of carbonyl (C=O) groups excluding carboxylic acids is 1. The Hall–Kier alpha value is -2.24. The molecular weight excluding hydrogens is 270 g/mol. The van der Waals surface area contributed by atoms with Crippen LogP contribution in [0.5, 0.6) is 5.75 Å². The second-order valence-electron chi connectivity index (χ2n) is 5.74. The minimum atomic E-state index is -0.488. The normalized spacial score (nSPS) is 11.4. The standard InChI is InChI=1S/C15H21N3O3/c1-15(2,3)21-14(19)16-9-8-11-10-6-5-7-12(20-4)13(10)18-17-11/h5-7H,8-9H2,1-4H3,(H,16,19)(H,17,18). The Bertz CT molecular complexity index is 629. The fourth-order valence-electron chi connectivity index (χ4n) is 2.02. The Morgan fingerprint density at radius 3 is 2.81 bits per heavy atom. The number of aromatic nitrogens is 2. The molecule has 0 aliphatic rings. The summed E-state index contributed by atoms with van der Waals surface area (Å²) in [5.41, 5.74) is 1.27. The predicted molar refractivity (Wildman–Crippen MR) is 80.6 cm³/mol. The Labute approximate surface area is 123 Å². The van der Waals surface area contributed by atoms with Gasteiger partial charge in [-0.05, 0) is 26.8 Å². The van der Waals surface area contributed by atoms with Crippen LogP contribution < -0.4 is 10.1 Å². The van der Waals surface area contributed by atoms with Crippen LogP contribution in [0.2, 0.25) is 0 Å². The van der Waals surface area contributed by atoms with E-state index in [1.807, 2.05) is 39.0 Å². The van der Waals surface area contributed by atoms with Crippen LogP contribution in [0, 0.1) is 0 Å². The summed E-state index contributed by atoms with van der Waals surface area (Å²) in [4.78, 5) is 11.6. The van der Waals surface area contributed by atoms with E-state index in [0.29, 0.717) is 13.0 Å². The molecule has 114 valence electrons. The lowest BCUT2D eigenvalue weighted by Crippen LogP contribution is -2.33. The number of benzene rings is 1. The molecule has 0 saturated heterocycles. The van der Waals surface area contributed by atoms with Gasteiger partial charge in [-0.25, -0.2) is 4.79 Å². The number of H-pyrrole nitrogens is 1. The van der Waals surface area contributed by atoms with Gasteiger partial charge >= 0.3 is 6.09 Å². The second kappa shape index (κ2) is 6.03. The molecule has 1 aromatic heterocycles. The second-order valence-corrected chi connectivity index (χ2v) is 5.74. The summed E-state index contributed by atoms with van der Waals surface area (Å²) in [6.45, 7) is 5.98. The number of nitrogens with zero attached hydrogens (tertiary/aromatic N) is 1. The van der Waals surface area contributed by atoms with Crippen molar-refractivity contribution in [2.24, 2.45) is 0 Å². The molecule has 2 aromatic rings. The molecular formula is C15H21N3O3. The van der Waals surface area contributed by atoms with Gasteiger partial charge in [-0.1, -0.05) is 12.1 Å². The molecule has 0 atom stereocenters. The highest BCUT2D eigenvalue weighted by Gasteiger charge is 2.16. The van der Waals surface area contributed by atoms with E-state index in [4.69, 9.17) is 9.47 Å². The van der Waals surface area contributed by atoms with Crippen molar-refractivity contribution in [3.63, 3.8) is 0 Å². The first-order valence-electron chi connectivity index (χ1n) is 6.87. The molecule has 1 amide bonds. The molecule has 0 unspecified atom stereocenters. The number of carbonyl (C=O) groups is 1. The number of alkyl carbamates (subject to hydrolysis) is 1. The lowest BCUT2D eigenvalue weighted by molar-refractivity contribution is 0.0528. The molecule has 0 radical (unpaired) electrons. The van der Waals surface area contributed by atoms with Gasteiger partial charge in [0.05, 0.1) is 7.11 Å². The summed E-state index contributed by atoms with van der Waals surface area (Å²) in [7, 11) is 1.62. The molecule has 2 N–H and O–H groups in total. The van der Waals surface area contributed by atoms with Gasteiger partial charge in [-0.2, -0.15) is 5.10 Å². The Morgan fingerprint density at radius 2 is 2.14 bits per heavy atom. The van der Waals surface area contributed by atoms with Crippen LogP contribution in [0.3, 0.4) is 0 Å². The first kappa shape index (κ1) is 15.2. The zero-order valence-corrected chi connectivity index (χ0v) is 12.8. The zero-order chi connectivity index (χ0) is 15.5. The van der Waals surface area contributed by atoms with Crippen LogP contribution >= 0.6 is 0 Å². The van der Waals surface area contributed by atoms with Gasteiger partial charge in [0.15, 0.2) is 0 Å². The molecule has 0 spiro atoms. The summed E-state index contributed by atoms with van der Waals surface area (Å²) >= 11 is 0. The van der Waals surface area contributed by atoms with E-state index in [1.54, 1.807) is 7.11 Å². The third-order valence-corrected chi connectivity index (χ3v) is 2.89. The Morgan fingerprint density at radius 1 is 1.38 bits per heavy atom. The molecule has 21 heavy (non-hydrogen) atoms. The van der Waals surface area contributed by atoms with Crippen molar-refractivity contribution in [2.45, 2.75) is 32.8 Å². The Kier molecular flexibility index (Phi) is 4.35. The molecule has 1 heterocycles. The average Bonchev–Trinajstić information content (AvgIpc) is 2.80. The maximum absolute atomic E-state index is 11.6. The number of aromatic amines is 1. The number of para-hydroxylation sites is 1. The number of methoxy groups -OCH3 is 1. The summed E-state index contributed by atoms with van der Waals surface area (Å²) in [5, 5.41) is 11.0. The maximum atomic E-state index is 11.6. The summed E-state index contributed by atoms with van der Waals surface area (Å²) in [5.74, 6) is 0.732. The quantitative estimate of drug-likeness (QED) is 0.908. The van der Waals surface area contributed by atoms with Crippen LogP contribution in [-0.2, 0) is 11.2 Å². The van der Waals surface area contributed by atoms with Gasteiger partial charge in [0.2, 0.25) is 0 Å². The van der Waals surface area contributed by atoms with Crippen molar-refractivity contribution in [3.05, 3.63) is 23.9 Å². The monoisotopic (exact) mass is 291 g/mol. The molecule has 0 saturated carbocycles. The first-order valence-corrected chi connectivity index (χ1v) is 6.87. The molecule has 6 heteroatoms. The van der Waals surface area contributed by atoms with Gasteiger partial charge in [-0.15, -0.1) is 0 Å². The molecule has 1 aromatic carbocycles. The third kappa shape index (κ3) is 3.87. The number of rotatable bonds is 4. The van der Waals surface area contributed by atoms with Gasteiger partial charge in [0.1, 0.15) is 16.9 Å². The van der Waals surface area contributed by atoms with E-state index in [9.17, 15) is 4.79 Å². The fraction of sp³-hybridized carbons (Fsp3) is 0.467. The fourth-order valence-corrected chi connectivity index (χ4v) is 2.02. The SMILES string of the molecule is COc1cccc2c(CCNC(=O)OC(C)(C)C)[nH]nc12. The average molecular weight is 291 g/mol. The summed E-state index contributed by atoms with van der Waals surface area (Å²) < 4.78 is 10.5. The zero-order valence-electron chi connectivity index (χ0n) is 12.8. The molecule has 6 nitrogen and oxygen atoms in total. The first-order chi connectivity index (χ1) is 9.90. The number of hydrogen-bond donors (Lipinski definition) is 2. The number of ether oxygens (including phenoxy) is 2. The van der Waals surface area contributed by atoms with Crippen LogP contribution in [0.4, 0.5) is 4.79 Å². The van der Waals surface area contributed by atoms with Crippen LogP contribution in [0.25, 0.3) is 10.9 Å². The highest BCUT2D eigenvalue weighted by Crippen LogP contribution is 2.25. The van der Waals surface area contributed by atoms with Crippen LogP contribution in [-0.4, -0.2) is 35.5 Å². The molecule has 0 aliphatic heterocycles. The summed E-state index contributed by atoms with van der Waals surface area (Å²) in [6.07, 6.45) is 0.229. The topological polar surface area (TPSA) is 76.2 Å². The van der Waals surface area contributed by atoms with Crippen LogP contribution in [0.1, 0.15) is 26.5 Å². The highest BCUT2D eigenvalue weighted by atomic mass is 16.6. The largest absolute Gasteiger partial charge is 0.494 e. The van der Waals surface area contributed by atoms with Crippen molar-refractivity contribution >= 4 is 17.0 Å². The highest BCUT2D eigenvalue weighted by molar-refractivity contribution is 5.86. The van der Waals surface area contributed by atoms with E-state index in [2.05, 4.69) is 15.5 Å². The van der Waals surface area contributed by atoms with E-state index < -0.39 is 11.7 Å². The molecule has 2 rings (SSSR count). The van der Waals surface area contributed by atoms with Gasteiger partial charge in [0.25, 0.3) is 0 Å². The van der Waals surface area contributed by atoms with Gasteiger partial charge in [-0.3, -0.25) is 5.10 Å². The number of amides is 1. The van der Waals surface area contributed by atoms with E-state index in [1.165, 1.54) is 0 Å². The van der Waals surface area contributed by atoms with Crippen molar-refractivity contribution < 1.29 is 14.3 Å². The van der Waals surface area contributed by atoms with E-state index >= 15 is 0 Å². The lowest BCUT2D eigenvalue weighted by atomic mass is 10.1.